The molecule has 0 saturated carbocycles. The number of nitrogens with one attached hydrogen (secondary N) is 1. The molecular formula is C27H33ClN2O3. The van der Waals surface area contributed by atoms with Crippen LogP contribution in [0.4, 0.5) is 5.69 Å². The minimum Gasteiger partial charge on any atom is -0.381 e. The summed E-state index contributed by atoms with van der Waals surface area (Å²) in [6.07, 6.45) is 2.68. The van der Waals surface area contributed by atoms with Crippen molar-refractivity contribution in [3.8, 4) is 0 Å². The summed E-state index contributed by atoms with van der Waals surface area (Å²) in [7, 11) is 0. The minimum atomic E-state index is -0.321. The zero-order chi connectivity index (χ0) is 24.0. The number of imide groups is 1. The van der Waals surface area contributed by atoms with Gasteiger partial charge in [0.25, 0.3) is 11.8 Å². The molecule has 0 aromatic heterocycles. The number of nitrogens with zero attached hydrogens (tertiary/aromatic N) is 1. The average molecular weight is 469 g/mol. The van der Waals surface area contributed by atoms with Gasteiger partial charge in [-0.2, -0.15) is 0 Å². The van der Waals surface area contributed by atoms with Crippen LogP contribution in [0.15, 0.2) is 54.2 Å². The van der Waals surface area contributed by atoms with Crippen LogP contribution in [-0.4, -0.2) is 36.5 Å². The minimum absolute atomic E-state index is 0.0292. The van der Waals surface area contributed by atoms with Gasteiger partial charge in [0, 0.05) is 30.5 Å². The van der Waals surface area contributed by atoms with E-state index in [0.29, 0.717) is 42.3 Å². The van der Waals surface area contributed by atoms with E-state index in [4.69, 9.17) is 16.3 Å². The molecule has 0 saturated heterocycles. The Morgan fingerprint density at radius 1 is 0.909 bits per heavy atom. The van der Waals surface area contributed by atoms with E-state index in [1.165, 1.54) is 10.5 Å². The SMILES string of the molecule is CCCCOCCCN1C(=O)C(Nc2ccc(C(C)(C)C)cc2)=C(c2ccc(Cl)cc2)C1=O. The average Bonchev–Trinajstić information content (AvgIpc) is 3.00. The number of halogens is 1. The van der Waals surface area contributed by atoms with Gasteiger partial charge in [-0.25, -0.2) is 0 Å². The maximum absolute atomic E-state index is 13.3. The van der Waals surface area contributed by atoms with Crippen LogP contribution in [0.1, 0.15) is 58.1 Å². The number of unbranched alkanes of at least 4 members (excludes halogenated alkanes) is 1. The number of amides is 2. The number of carbonyl (C=O) groups is 2. The Labute approximate surface area is 201 Å². The van der Waals surface area contributed by atoms with Crippen molar-refractivity contribution in [2.75, 3.05) is 25.1 Å². The van der Waals surface area contributed by atoms with E-state index in [1.54, 1.807) is 24.3 Å². The molecule has 0 aliphatic carbocycles. The Balaban J connectivity index is 1.83. The van der Waals surface area contributed by atoms with Gasteiger partial charge in [0.1, 0.15) is 5.70 Å². The van der Waals surface area contributed by atoms with Crippen molar-refractivity contribution in [2.24, 2.45) is 0 Å². The summed E-state index contributed by atoms with van der Waals surface area (Å²) in [5.41, 5.74) is 3.30. The van der Waals surface area contributed by atoms with Crippen LogP contribution in [-0.2, 0) is 19.7 Å². The topological polar surface area (TPSA) is 58.6 Å². The molecule has 0 bridgehead atoms. The third-order valence-electron chi connectivity index (χ3n) is 5.63. The third-order valence-corrected chi connectivity index (χ3v) is 5.89. The highest BCUT2D eigenvalue weighted by atomic mass is 35.5. The maximum atomic E-state index is 13.3. The smallest absolute Gasteiger partial charge is 0.278 e. The number of carbonyl (C=O) groups excluding carboxylic acids is 2. The Morgan fingerprint density at radius 3 is 2.15 bits per heavy atom. The van der Waals surface area contributed by atoms with E-state index in [0.717, 1.165) is 18.5 Å². The first-order valence-electron chi connectivity index (χ1n) is 11.5. The number of benzene rings is 2. The first-order valence-corrected chi connectivity index (χ1v) is 11.9. The predicted molar refractivity (Wildman–Crippen MR) is 134 cm³/mol. The van der Waals surface area contributed by atoms with Crippen LogP contribution in [0.5, 0.6) is 0 Å². The van der Waals surface area contributed by atoms with Crippen LogP contribution in [0.3, 0.4) is 0 Å². The molecule has 6 heteroatoms. The van der Waals surface area contributed by atoms with Gasteiger partial charge < -0.3 is 10.1 Å². The Morgan fingerprint density at radius 2 is 1.55 bits per heavy atom. The predicted octanol–water partition coefficient (Wildman–Crippen LogP) is 6.04. The fourth-order valence-electron chi connectivity index (χ4n) is 3.65. The second-order valence-electron chi connectivity index (χ2n) is 9.29. The molecule has 1 aliphatic heterocycles. The molecule has 0 fully saturated rings. The third kappa shape index (κ3) is 6.24. The van der Waals surface area contributed by atoms with Crippen LogP contribution in [0, 0.1) is 0 Å². The summed E-state index contributed by atoms with van der Waals surface area (Å²) in [6.45, 7) is 10.1. The fourth-order valence-corrected chi connectivity index (χ4v) is 3.78. The van der Waals surface area contributed by atoms with Gasteiger partial charge in [0.05, 0.1) is 5.57 Å². The zero-order valence-corrected chi connectivity index (χ0v) is 20.7. The molecule has 0 radical (unpaired) electrons. The molecule has 0 unspecified atom stereocenters. The van der Waals surface area contributed by atoms with E-state index >= 15 is 0 Å². The molecule has 0 atom stereocenters. The van der Waals surface area contributed by atoms with Gasteiger partial charge >= 0.3 is 0 Å². The summed E-state index contributed by atoms with van der Waals surface area (Å²) in [5.74, 6) is -0.622. The molecule has 33 heavy (non-hydrogen) atoms. The second-order valence-corrected chi connectivity index (χ2v) is 9.73. The molecule has 1 heterocycles. The molecule has 3 rings (SSSR count). The number of rotatable bonds is 10. The van der Waals surface area contributed by atoms with E-state index in [2.05, 4.69) is 33.0 Å². The summed E-state index contributed by atoms with van der Waals surface area (Å²) < 4.78 is 5.60. The van der Waals surface area contributed by atoms with Crippen molar-refractivity contribution >= 4 is 34.7 Å². The van der Waals surface area contributed by atoms with Gasteiger partial charge in [0.2, 0.25) is 0 Å². The van der Waals surface area contributed by atoms with Crippen molar-refractivity contribution in [2.45, 2.75) is 52.4 Å². The highest BCUT2D eigenvalue weighted by Gasteiger charge is 2.38. The Kier molecular flexibility index (Phi) is 8.33. The molecular weight excluding hydrogens is 436 g/mol. The first-order chi connectivity index (χ1) is 15.7. The van der Waals surface area contributed by atoms with E-state index < -0.39 is 0 Å². The number of hydrogen-bond donors (Lipinski definition) is 1. The zero-order valence-electron chi connectivity index (χ0n) is 19.9. The quantitative estimate of drug-likeness (QED) is 0.341. The molecule has 0 spiro atoms. The highest BCUT2D eigenvalue weighted by molar-refractivity contribution is 6.36. The van der Waals surface area contributed by atoms with Crippen molar-refractivity contribution in [1.29, 1.82) is 0 Å². The molecule has 5 nitrogen and oxygen atoms in total. The van der Waals surface area contributed by atoms with Crippen molar-refractivity contribution in [3.05, 3.63) is 70.4 Å². The summed E-state index contributed by atoms with van der Waals surface area (Å²) >= 11 is 6.04. The first kappa shape index (κ1) is 25.0. The Hall–Kier alpha value is -2.63. The van der Waals surface area contributed by atoms with Gasteiger partial charge in [-0.1, -0.05) is 70.0 Å². The lowest BCUT2D eigenvalue weighted by Gasteiger charge is -2.19. The molecule has 176 valence electrons. The lowest BCUT2D eigenvalue weighted by Crippen LogP contribution is -2.34. The van der Waals surface area contributed by atoms with E-state index in [-0.39, 0.29) is 22.9 Å². The van der Waals surface area contributed by atoms with E-state index in [9.17, 15) is 9.59 Å². The van der Waals surface area contributed by atoms with Crippen LogP contribution >= 0.6 is 11.6 Å². The van der Waals surface area contributed by atoms with Crippen LogP contribution in [0.25, 0.3) is 5.57 Å². The Bertz CT molecular complexity index is 1010. The molecule has 1 aliphatic rings. The number of anilines is 1. The molecule has 1 N–H and O–H groups in total. The second kappa shape index (κ2) is 11.0. The summed E-state index contributed by atoms with van der Waals surface area (Å²) in [6, 6.07) is 14.9. The number of hydrogen-bond acceptors (Lipinski definition) is 4. The monoisotopic (exact) mass is 468 g/mol. The molecule has 2 aromatic rings. The van der Waals surface area contributed by atoms with Crippen LogP contribution in [0.2, 0.25) is 5.02 Å². The van der Waals surface area contributed by atoms with Gasteiger partial charge in [-0.3, -0.25) is 14.5 Å². The van der Waals surface area contributed by atoms with Crippen LogP contribution < -0.4 is 5.32 Å². The molecule has 2 aromatic carbocycles. The summed E-state index contributed by atoms with van der Waals surface area (Å²) in [5, 5.41) is 3.79. The van der Waals surface area contributed by atoms with Gasteiger partial charge in [-0.05, 0) is 53.6 Å². The fraction of sp³-hybridized carbons (Fsp3) is 0.407. The van der Waals surface area contributed by atoms with Crippen molar-refractivity contribution < 1.29 is 14.3 Å². The highest BCUT2D eigenvalue weighted by Crippen LogP contribution is 2.32. The van der Waals surface area contributed by atoms with Crippen molar-refractivity contribution in [1.82, 2.24) is 4.90 Å². The standard InChI is InChI=1S/C27H33ClN2O3/c1-5-6-17-33-18-7-16-30-25(31)23(19-8-12-21(28)13-9-19)24(26(30)32)29-22-14-10-20(11-15-22)27(2,3)4/h8-15,29H,5-7,16-18H2,1-4H3. The lowest BCUT2D eigenvalue weighted by molar-refractivity contribution is -0.137. The van der Waals surface area contributed by atoms with Gasteiger partial charge in [0.15, 0.2) is 0 Å². The summed E-state index contributed by atoms with van der Waals surface area (Å²) in [4.78, 5) is 27.9. The number of ether oxygens (including phenoxy) is 1. The maximum Gasteiger partial charge on any atom is 0.278 e. The molecule has 2 amide bonds. The largest absolute Gasteiger partial charge is 0.381 e. The van der Waals surface area contributed by atoms with Gasteiger partial charge in [-0.15, -0.1) is 0 Å². The van der Waals surface area contributed by atoms with Crippen molar-refractivity contribution in [3.63, 3.8) is 0 Å². The lowest BCUT2D eigenvalue weighted by atomic mass is 9.87. The normalized spacial score (nSPS) is 14.4. The van der Waals surface area contributed by atoms with E-state index in [1.807, 2.05) is 24.3 Å².